The van der Waals surface area contributed by atoms with E-state index < -0.39 is 5.60 Å². The first-order chi connectivity index (χ1) is 7.86. The summed E-state index contributed by atoms with van der Waals surface area (Å²) in [4.78, 5) is 0. The van der Waals surface area contributed by atoms with Crippen molar-refractivity contribution >= 4 is 0 Å². The summed E-state index contributed by atoms with van der Waals surface area (Å²) in [6, 6.07) is 0. The Hall–Kier alpha value is -0.160. The summed E-state index contributed by atoms with van der Waals surface area (Å²) in [6.07, 6.45) is 0.909. The molecule has 0 spiro atoms. The topological polar surface area (TPSA) is 36.9 Å². The molecule has 0 aromatic carbocycles. The van der Waals surface area contributed by atoms with Crippen molar-refractivity contribution in [1.29, 1.82) is 0 Å². The molecule has 2 saturated heterocycles. The fraction of sp³-hybridized carbons (Fsp3) is 1.00. The quantitative estimate of drug-likeness (QED) is 0.760. The molecular weight excluding hydrogens is 220 g/mol. The average molecular weight is 244 g/mol. The minimum Gasteiger partial charge on any atom is -0.381 e. The van der Waals surface area contributed by atoms with Gasteiger partial charge in [-0.2, -0.15) is 0 Å². The molecule has 2 aliphatic heterocycles. The van der Waals surface area contributed by atoms with E-state index in [9.17, 15) is 0 Å². The minimum atomic E-state index is -0.417. The molecule has 0 aromatic rings. The van der Waals surface area contributed by atoms with Crippen LogP contribution >= 0.6 is 0 Å². The van der Waals surface area contributed by atoms with Gasteiger partial charge in [0, 0.05) is 13.0 Å². The molecule has 2 fully saturated rings. The SMILES string of the molecule is COC[C@@]12CO[C@@H](O1)[C@H](C)C[C@H]2OC(C)(C)C. The summed E-state index contributed by atoms with van der Waals surface area (Å²) < 4.78 is 23.2. The lowest BCUT2D eigenvalue weighted by Gasteiger charge is -2.43. The van der Waals surface area contributed by atoms with Gasteiger partial charge in [0.1, 0.15) is 5.60 Å². The molecule has 0 aromatic heterocycles. The minimum absolute atomic E-state index is 0.0381. The van der Waals surface area contributed by atoms with Crippen LogP contribution in [0.15, 0.2) is 0 Å². The molecule has 0 aliphatic carbocycles. The fourth-order valence-electron chi connectivity index (χ4n) is 2.63. The molecule has 0 amide bonds. The maximum absolute atomic E-state index is 6.15. The first-order valence-corrected chi connectivity index (χ1v) is 6.32. The van der Waals surface area contributed by atoms with Gasteiger partial charge in [-0.25, -0.2) is 0 Å². The lowest BCUT2D eigenvalue weighted by molar-refractivity contribution is -0.239. The summed E-state index contributed by atoms with van der Waals surface area (Å²) in [5, 5.41) is 0. The van der Waals surface area contributed by atoms with Gasteiger partial charge in [0.25, 0.3) is 0 Å². The number of rotatable bonds is 3. The standard InChI is InChI=1S/C13H24O4/c1-9-6-10(16-12(2,3)4)13(7-14-5)8-15-11(9)17-13/h9-11H,6-8H2,1-5H3/t9-,10-,11+,13+/m1/s1. The van der Waals surface area contributed by atoms with Crippen LogP contribution < -0.4 is 0 Å². The number of hydrogen-bond acceptors (Lipinski definition) is 4. The van der Waals surface area contributed by atoms with Crippen LogP contribution in [0.2, 0.25) is 0 Å². The fourth-order valence-corrected chi connectivity index (χ4v) is 2.63. The van der Waals surface area contributed by atoms with Crippen LogP contribution in [-0.4, -0.2) is 43.9 Å². The highest BCUT2D eigenvalue weighted by atomic mass is 16.8. The van der Waals surface area contributed by atoms with Crippen LogP contribution in [0.4, 0.5) is 0 Å². The molecule has 2 bridgehead atoms. The van der Waals surface area contributed by atoms with Crippen molar-refractivity contribution in [3.05, 3.63) is 0 Å². The zero-order valence-electron chi connectivity index (χ0n) is 11.5. The first-order valence-electron chi connectivity index (χ1n) is 6.32. The van der Waals surface area contributed by atoms with Gasteiger partial charge in [-0.05, 0) is 27.2 Å². The molecule has 2 heterocycles. The normalized spacial score (nSPS) is 41.8. The van der Waals surface area contributed by atoms with Gasteiger partial charge in [-0.15, -0.1) is 0 Å². The Kier molecular flexibility index (Phi) is 3.51. The predicted octanol–water partition coefficient (Wildman–Crippen LogP) is 1.97. The maximum Gasteiger partial charge on any atom is 0.161 e. The Labute approximate surface area is 104 Å². The largest absolute Gasteiger partial charge is 0.381 e. The van der Waals surface area contributed by atoms with Crippen LogP contribution in [0, 0.1) is 5.92 Å². The molecular formula is C13H24O4. The Morgan fingerprint density at radius 3 is 2.65 bits per heavy atom. The van der Waals surface area contributed by atoms with E-state index >= 15 is 0 Å². The Morgan fingerprint density at radius 1 is 1.35 bits per heavy atom. The van der Waals surface area contributed by atoms with Crippen LogP contribution in [0.1, 0.15) is 34.1 Å². The molecule has 2 aliphatic rings. The number of ether oxygens (including phenoxy) is 4. The van der Waals surface area contributed by atoms with E-state index in [1.807, 2.05) is 0 Å². The van der Waals surface area contributed by atoms with Crippen molar-refractivity contribution in [1.82, 2.24) is 0 Å². The Morgan fingerprint density at radius 2 is 2.06 bits per heavy atom. The third-order valence-corrected chi connectivity index (χ3v) is 3.36. The molecule has 4 atom stereocenters. The Bertz CT molecular complexity index is 273. The number of fused-ring (bicyclic) bond motifs is 2. The predicted molar refractivity (Wildman–Crippen MR) is 63.8 cm³/mol. The van der Waals surface area contributed by atoms with E-state index in [0.29, 0.717) is 19.1 Å². The highest BCUT2D eigenvalue weighted by Crippen LogP contribution is 2.42. The van der Waals surface area contributed by atoms with Gasteiger partial charge >= 0.3 is 0 Å². The number of methoxy groups -OCH3 is 1. The van der Waals surface area contributed by atoms with Crippen LogP contribution in [0.25, 0.3) is 0 Å². The van der Waals surface area contributed by atoms with E-state index in [1.165, 1.54) is 0 Å². The molecule has 0 N–H and O–H groups in total. The van der Waals surface area contributed by atoms with E-state index in [4.69, 9.17) is 18.9 Å². The molecule has 4 heteroatoms. The van der Waals surface area contributed by atoms with Crippen LogP contribution in [-0.2, 0) is 18.9 Å². The van der Waals surface area contributed by atoms with Gasteiger partial charge in [0.2, 0.25) is 0 Å². The second-order valence-electron chi connectivity index (χ2n) is 6.23. The zero-order chi connectivity index (χ0) is 12.7. The third kappa shape index (κ3) is 2.65. The summed E-state index contributed by atoms with van der Waals surface area (Å²) in [5.74, 6) is 0.370. The third-order valence-electron chi connectivity index (χ3n) is 3.36. The zero-order valence-corrected chi connectivity index (χ0v) is 11.5. The van der Waals surface area contributed by atoms with Crippen molar-refractivity contribution in [2.24, 2.45) is 5.92 Å². The van der Waals surface area contributed by atoms with E-state index in [2.05, 4.69) is 27.7 Å². The van der Waals surface area contributed by atoms with Crippen LogP contribution in [0.5, 0.6) is 0 Å². The van der Waals surface area contributed by atoms with E-state index in [0.717, 1.165) is 6.42 Å². The molecule has 17 heavy (non-hydrogen) atoms. The van der Waals surface area contributed by atoms with Crippen molar-refractivity contribution in [3.8, 4) is 0 Å². The molecule has 0 unspecified atom stereocenters. The summed E-state index contributed by atoms with van der Waals surface area (Å²) in [5.41, 5.74) is -0.594. The maximum atomic E-state index is 6.15. The smallest absolute Gasteiger partial charge is 0.161 e. The molecule has 0 saturated carbocycles. The summed E-state index contributed by atoms with van der Waals surface area (Å²) >= 11 is 0. The van der Waals surface area contributed by atoms with Crippen molar-refractivity contribution < 1.29 is 18.9 Å². The molecule has 0 radical (unpaired) electrons. The summed E-state index contributed by atoms with van der Waals surface area (Å²) in [7, 11) is 1.69. The van der Waals surface area contributed by atoms with Gasteiger partial charge < -0.3 is 18.9 Å². The Balaban J connectivity index is 2.15. The van der Waals surface area contributed by atoms with E-state index in [1.54, 1.807) is 7.11 Å². The summed E-state index contributed by atoms with van der Waals surface area (Å²) in [6.45, 7) is 9.44. The molecule has 2 rings (SSSR count). The molecule has 100 valence electrons. The second-order valence-corrected chi connectivity index (χ2v) is 6.23. The van der Waals surface area contributed by atoms with Crippen molar-refractivity contribution in [2.45, 2.75) is 57.7 Å². The van der Waals surface area contributed by atoms with Gasteiger partial charge in [0.15, 0.2) is 6.29 Å². The van der Waals surface area contributed by atoms with E-state index in [-0.39, 0.29) is 18.0 Å². The van der Waals surface area contributed by atoms with Crippen molar-refractivity contribution in [2.75, 3.05) is 20.3 Å². The second kappa shape index (κ2) is 4.50. The van der Waals surface area contributed by atoms with Gasteiger partial charge in [0.05, 0.1) is 24.9 Å². The lowest BCUT2D eigenvalue weighted by Crippen LogP contribution is -2.56. The first kappa shape index (κ1) is 13.3. The van der Waals surface area contributed by atoms with Crippen LogP contribution in [0.3, 0.4) is 0 Å². The molecule has 4 nitrogen and oxygen atoms in total. The number of hydrogen-bond donors (Lipinski definition) is 0. The highest BCUT2D eigenvalue weighted by molar-refractivity contribution is 4.99. The van der Waals surface area contributed by atoms with Gasteiger partial charge in [-0.3, -0.25) is 0 Å². The highest BCUT2D eigenvalue weighted by Gasteiger charge is 2.55. The van der Waals surface area contributed by atoms with Gasteiger partial charge in [-0.1, -0.05) is 6.92 Å². The monoisotopic (exact) mass is 244 g/mol. The average Bonchev–Trinajstić information content (AvgIpc) is 2.56. The lowest BCUT2D eigenvalue weighted by atomic mass is 9.87. The van der Waals surface area contributed by atoms with Crippen molar-refractivity contribution in [3.63, 3.8) is 0 Å².